The SMILES string of the molecule is C[C@@H](N)Cc1ccc(NC(=O)OC(C)(C)C)cc1O. The van der Waals surface area contributed by atoms with E-state index in [-0.39, 0.29) is 11.8 Å². The normalized spacial score (nSPS) is 12.9. The molecule has 0 heterocycles. The zero-order valence-corrected chi connectivity index (χ0v) is 11.9. The van der Waals surface area contributed by atoms with Gasteiger partial charge in [0.15, 0.2) is 0 Å². The van der Waals surface area contributed by atoms with Crippen molar-refractivity contribution in [2.24, 2.45) is 5.73 Å². The monoisotopic (exact) mass is 266 g/mol. The number of phenolic OH excluding ortho intramolecular Hbond substituents is 1. The standard InChI is InChI=1S/C14H22N2O3/c1-9(15)7-10-5-6-11(8-12(10)17)16-13(18)19-14(2,3)4/h5-6,8-9,17H,7,15H2,1-4H3,(H,16,18)/t9-/m1/s1. The van der Waals surface area contributed by atoms with E-state index in [0.717, 1.165) is 5.56 Å². The Hall–Kier alpha value is -1.75. The fraction of sp³-hybridized carbons (Fsp3) is 0.500. The van der Waals surface area contributed by atoms with Gasteiger partial charge in [0.25, 0.3) is 0 Å². The van der Waals surface area contributed by atoms with E-state index in [0.29, 0.717) is 12.1 Å². The van der Waals surface area contributed by atoms with Crippen LogP contribution in [0.3, 0.4) is 0 Å². The molecule has 106 valence electrons. The lowest BCUT2D eigenvalue weighted by Gasteiger charge is -2.19. The lowest BCUT2D eigenvalue weighted by molar-refractivity contribution is 0.0636. The first-order chi connectivity index (χ1) is 8.67. The lowest BCUT2D eigenvalue weighted by atomic mass is 10.1. The summed E-state index contributed by atoms with van der Waals surface area (Å²) in [4.78, 5) is 11.6. The van der Waals surface area contributed by atoms with Crippen molar-refractivity contribution in [1.29, 1.82) is 0 Å². The molecule has 1 amide bonds. The van der Waals surface area contributed by atoms with Crippen LogP contribution >= 0.6 is 0 Å². The van der Waals surface area contributed by atoms with Crippen LogP contribution in [0.25, 0.3) is 0 Å². The third-order valence-corrected chi connectivity index (χ3v) is 2.27. The van der Waals surface area contributed by atoms with Crippen LogP contribution in [0.2, 0.25) is 0 Å². The van der Waals surface area contributed by atoms with E-state index in [2.05, 4.69) is 5.32 Å². The minimum absolute atomic E-state index is 0.0319. The van der Waals surface area contributed by atoms with Gasteiger partial charge in [-0.1, -0.05) is 6.07 Å². The Morgan fingerprint density at radius 3 is 2.58 bits per heavy atom. The maximum atomic E-state index is 11.6. The van der Waals surface area contributed by atoms with Gasteiger partial charge >= 0.3 is 6.09 Å². The van der Waals surface area contributed by atoms with Crippen molar-refractivity contribution in [3.63, 3.8) is 0 Å². The Morgan fingerprint density at radius 2 is 2.11 bits per heavy atom. The molecule has 1 rings (SSSR count). The second-order valence-electron chi connectivity index (χ2n) is 5.65. The van der Waals surface area contributed by atoms with Crippen molar-refractivity contribution in [3.8, 4) is 5.75 Å². The maximum absolute atomic E-state index is 11.6. The largest absolute Gasteiger partial charge is 0.508 e. The fourth-order valence-electron chi connectivity index (χ4n) is 1.58. The molecule has 4 N–H and O–H groups in total. The van der Waals surface area contributed by atoms with Crippen molar-refractivity contribution in [1.82, 2.24) is 0 Å². The number of nitrogens with one attached hydrogen (secondary N) is 1. The van der Waals surface area contributed by atoms with Crippen molar-refractivity contribution in [3.05, 3.63) is 23.8 Å². The highest BCUT2D eigenvalue weighted by atomic mass is 16.6. The van der Waals surface area contributed by atoms with Crippen LogP contribution in [0.5, 0.6) is 5.75 Å². The minimum atomic E-state index is -0.555. The Bertz CT molecular complexity index is 450. The van der Waals surface area contributed by atoms with Gasteiger partial charge < -0.3 is 15.6 Å². The Labute approximate surface area is 113 Å². The number of rotatable bonds is 3. The van der Waals surface area contributed by atoms with Crippen LogP contribution < -0.4 is 11.1 Å². The van der Waals surface area contributed by atoms with Gasteiger partial charge in [-0.3, -0.25) is 5.32 Å². The molecule has 0 saturated carbocycles. The summed E-state index contributed by atoms with van der Waals surface area (Å²) in [6.07, 6.45) is 0.0327. The number of phenols is 1. The van der Waals surface area contributed by atoms with Crippen LogP contribution in [0, 0.1) is 0 Å². The summed E-state index contributed by atoms with van der Waals surface area (Å²) in [5, 5.41) is 12.4. The summed E-state index contributed by atoms with van der Waals surface area (Å²) in [6, 6.07) is 4.91. The number of amides is 1. The number of carbonyl (C=O) groups is 1. The number of nitrogens with two attached hydrogens (primary N) is 1. The second-order valence-corrected chi connectivity index (χ2v) is 5.65. The molecule has 0 aliphatic carbocycles. The summed E-state index contributed by atoms with van der Waals surface area (Å²) in [7, 11) is 0. The average molecular weight is 266 g/mol. The summed E-state index contributed by atoms with van der Waals surface area (Å²) < 4.78 is 5.12. The molecule has 0 aromatic heterocycles. The molecule has 1 aromatic rings. The maximum Gasteiger partial charge on any atom is 0.412 e. The molecule has 0 spiro atoms. The molecule has 19 heavy (non-hydrogen) atoms. The lowest BCUT2D eigenvalue weighted by Crippen LogP contribution is -2.27. The molecular formula is C14H22N2O3. The number of ether oxygens (including phenoxy) is 1. The smallest absolute Gasteiger partial charge is 0.412 e. The molecule has 0 saturated heterocycles. The van der Waals surface area contributed by atoms with E-state index in [1.165, 1.54) is 6.07 Å². The molecular weight excluding hydrogens is 244 g/mol. The Balaban J connectivity index is 2.71. The number of hydrogen-bond acceptors (Lipinski definition) is 4. The van der Waals surface area contributed by atoms with Gasteiger partial charge in [-0.25, -0.2) is 4.79 Å². The van der Waals surface area contributed by atoms with Crippen LogP contribution in [0.15, 0.2) is 18.2 Å². The van der Waals surface area contributed by atoms with Gasteiger partial charge in [0.05, 0.1) is 0 Å². The van der Waals surface area contributed by atoms with Gasteiger partial charge in [-0.15, -0.1) is 0 Å². The number of aromatic hydroxyl groups is 1. The summed E-state index contributed by atoms with van der Waals surface area (Å²) in [5.41, 5.74) is 6.37. The number of benzene rings is 1. The van der Waals surface area contributed by atoms with Crippen LogP contribution in [0.4, 0.5) is 10.5 Å². The van der Waals surface area contributed by atoms with Gasteiger partial charge in [0, 0.05) is 17.8 Å². The predicted molar refractivity (Wildman–Crippen MR) is 75.3 cm³/mol. The number of hydrogen-bond donors (Lipinski definition) is 3. The van der Waals surface area contributed by atoms with Gasteiger partial charge in [-0.2, -0.15) is 0 Å². The van der Waals surface area contributed by atoms with Gasteiger partial charge in [0.2, 0.25) is 0 Å². The van der Waals surface area contributed by atoms with E-state index in [1.807, 2.05) is 6.92 Å². The van der Waals surface area contributed by atoms with Gasteiger partial charge in [0.1, 0.15) is 11.4 Å². The summed E-state index contributed by atoms with van der Waals surface area (Å²) in [5.74, 6) is 0.117. The third-order valence-electron chi connectivity index (χ3n) is 2.27. The number of carbonyl (C=O) groups excluding carboxylic acids is 1. The van der Waals surface area contributed by atoms with E-state index >= 15 is 0 Å². The quantitative estimate of drug-likeness (QED) is 0.785. The molecule has 0 aliphatic heterocycles. The zero-order chi connectivity index (χ0) is 14.6. The topological polar surface area (TPSA) is 84.6 Å². The van der Waals surface area contributed by atoms with Crippen molar-refractivity contribution < 1.29 is 14.6 Å². The molecule has 1 atom stereocenters. The van der Waals surface area contributed by atoms with Gasteiger partial charge in [-0.05, 0) is 45.7 Å². The number of anilines is 1. The third kappa shape index (κ3) is 5.61. The van der Waals surface area contributed by atoms with E-state index in [1.54, 1.807) is 32.9 Å². The van der Waals surface area contributed by atoms with E-state index < -0.39 is 11.7 Å². The highest BCUT2D eigenvalue weighted by molar-refractivity contribution is 5.85. The molecule has 0 aliphatic rings. The predicted octanol–water partition coefficient (Wildman–Crippen LogP) is 2.63. The molecule has 0 bridgehead atoms. The first-order valence-corrected chi connectivity index (χ1v) is 6.25. The zero-order valence-electron chi connectivity index (χ0n) is 11.9. The molecule has 0 unspecified atom stereocenters. The Morgan fingerprint density at radius 1 is 1.47 bits per heavy atom. The van der Waals surface area contributed by atoms with Crippen LogP contribution in [0.1, 0.15) is 33.3 Å². The van der Waals surface area contributed by atoms with E-state index in [4.69, 9.17) is 10.5 Å². The summed E-state index contributed by atoms with van der Waals surface area (Å²) in [6.45, 7) is 7.23. The molecule has 0 fully saturated rings. The first kappa shape index (κ1) is 15.3. The van der Waals surface area contributed by atoms with E-state index in [9.17, 15) is 9.90 Å². The molecule has 5 nitrogen and oxygen atoms in total. The van der Waals surface area contributed by atoms with Crippen LogP contribution in [-0.4, -0.2) is 22.8 Å². The molecule has 5 heteroatoms. The minimum Gasteiger partial charge on any atom is -0.508 e. The fourth-order valence-corrected chi connectivity index (χ4v) is 1.58. The first-order valence-electron chi connectivity index (χ1n) is 6.25. The molecule has 1 aromatic carbocycles. The summed E-state index contributed by atoms with van der Waals surface area (Å²) >= 11 is 0. The highest BCUT2D eigenvalue weighted by Crippen LogP contribution is 2.23. The van der Waals surface area contributed by atoms with Crippen molar-refractivity contribution in [2.75, 3.05) is 5.32 Å². The van der Waals surface area contributed by atoms with Crippen molar-refractivity contribution >= 4 is 11.8 Å². The van der Waals surface area contributed by atoms with Crippen molar-refractivity contribution in [2.45, 2.75) is 45.8 Å². The Kier molecular flexibility index (Phi) is 4.78. The van der Waals surface area contributed by atoms with Crippen LogP contribution in [-0.2, 0) is 11.2 Å². The molecule has 0 radical (unpaired) electrons. The second kappa shape index (κ2) is 5.93. The highest BCUT2D eigenvalue weighted by Gasteiger charge is 2.16. The average Bonchev–Trinajstić information content (AvgIpc) is 2.18.